The minimum Gasteiger partial charge on any atom is -0.444 e. The summed E-state index contributed by atoms with van der Waals surface area (Å²) < 4.78 is 114. The molecule has 236 valence electrons. The second-order valence-electron chi connectivity index (χ2n) is 11.6. The van der Waals surface area contributed by atoms with E-state index in [9.17, 15) is 49.5 Å². The smallest absolute Gasteiger partial charge is 0.430 e. The van der Waals surface area contributed by atoms with E-state index in [0.29, 0.717) is 42.7 Å². The highest BCUT2D eigenvalue weighted by Gasteiger charge is 2.71. The van der Waals surface area contributed by atoms with Gasteiger partial charge in [-0.05, 0) is 63.6 Å². The maximum Gasteiger partial charge on any atom is 0.430 e. The van der Waals surface area contributed by atoms with E-state index in [1.54, 1.807) is 32.9 Å². The first-order chi connectivity index (χ1) is 19.6. The molecule has 15 heteroatoms. The molecule has 0 aromatic heterocycles. The number of halogens is 6. The van der Waals surface area contributed by atoms with Gasteiger partial charge < -0.3 is 15.2 Å². The van der Waals surface area contributed by atoms with Gasteiger partial charge in [-0.2, -0.15) is 26.3 Å². The van der Waals surface area contributed by atoms with Crippen LogP contribution in [0.25, 0.3) is 0 Å². The van der Waals surface area contributed by atoms with E-state index < -0.39 is 61.6 Å². The van der Waals surface area contributed by atoms with E-state index in [2.05, 4.69) is 5.32 Å². The van der Waals surface area contributed by atoms with Gasteiger partial charge in [-0.3, -0.25) is 9.69 Å². The lowest BCUT2D eigenvalue weighted by atomic mass is 9.91. The molecule has 4 rings (SSSR count). The van der Waals surface area contributed by atoms with Gasteiger partial charge in [0.2, 0.25) is 0 Å². The van der Waals surface area contributed by atoms with E-state index >= 15 is 0 Å². The van der Waals surface area contributed by atoms with Gasteiger partial charge in [-0.15, -0.1) is 0 Å². The normalized spacial score (nSPS) is 19.9. The van der Waals surface area contributed by atoms with Gasteiger partial charge in [0.15, 0.2) is 9.84 Å². The third-order valence-corrected chi connectivity index (χ3v) is 9.71. The number of aliphatic hydroxyl groups is 1. The molecule has 1 heterocycles. The lowest BCUT2D eigenvalue weighted by molar-refractivity contribution is -0.376. The molecule has 0 radical (unpaired) electrons. The number of nitrogens with zero attached hydrogens (tertiary/aromatic N) is 1. The molecule has 1 saturated carbocycles. The number of amides is 2. The third-order valence-electron chi connectivity index (χ3n) is 7.27. The van der Waals surface area contributed by atoms with Gasteiger partial charge in [0.25, 0.3) is 16.4 Å². The van der Waals surface area contributed by atoms with Crippen molar-refractivity contribution in [3.63, 3.8) is 0 Å². The highest BCUT2D eigenvalue weighted by atomic mass is 32.2. The van der Waals surface area contributed by atoms with Gasteiger partial charge >= 0.3 is 18.4 Å². The third kappa shape index (κ3) is 5.80. The van der Waals surface area contributed by atoms with Crippen molar-refractivity contribution in [3.8, 4) is 0 Å². The first-order valence-corrected chi connectivity index (χ1v) is 14.9. The van der Waals surface area contributed by atoms with Crippen molar-refractivity contribution in [2.75, 3.05) is 17.6 Å². The molecule has 2 amide bonds. The number of alkyl halides is 6. The van der Waals surface area contributed by atoms with Crippen LogP contribution in [0.3, 0.4) is 0 Å². The van der Waals surface area contributed by atoms with Crippen LogP contribution in [0.1, 0.15) is 50.3 Å². The fraction of sp³-hybridized carbons (Fsp3) is 0.500. The molecule has 0 spiro atoms. The van der Waals surface area contributed by atoms with Crippen LogP contribution >= 0.6 is 0 Å². The molecule has 43 heavy (non-hydrogen) atoms. The Morgan fingerprint density at radius 3 is 2.05 bits per heavy atom. The minimum atomic E-state index is -6.13. The van der Waals surface area contributed by atoms with Crippen LogP contribution < -0.4 is 5.32 Å². The maximum atomic E-state index is 14.2. The van der Waals surface area contributed by atoms with Crippen LogP contribution in [0, 0.1) is 5.92 Å². The zero-order valence-electron chi connectivity index (χ0n) is 23.3. The Morgan fingerprint density at radius 1 is 0.977 bits per heavy atom. The van der Waals surface area contributed by atoms with Crippen molar-refractivity contribution in [2.24, 2.45) is 5.92 Å². The quantitative estimate of drug-likeness (QED) is 0.411. The van der Waals surface area contributed by atoms with Gasteiger partial charge in [-0.25, -0.2) is 13.2 Å². The summed E-state index contributed by atoms with van der Waals surface area (Å²) in [6, 6.07) is 8.07. The van der Waals surface area contributed by atoms with Crippen molar-refractivity contribution in [1.29, 1.82) is 0 Å². The van der Waals surface area contributed by atoms with Crippen LogP contribution in [-0.4, -0.2) is 60.7 Å². The summed E-state index contributed by atoms with van der Waals surface area (Å²) in [6.45, 7) is 4.40. The number of benzene rings is 2. The van der Waals surface area contributed by atoms with Crippen LogP contribution in [0.15, 0.2) is 48.5 Å². The Kier molecular flexibility index (Phi) is 8.09. The molecule has 0 saturated heterocycles. The number of sulfone groups is 1. The summed E-state index contributed by atoms with van der Waals surface area (Å²) in [4.78, 5) is 25.9. The fourth-order valence-electron chi connectivity index (χ4n) is 5.08. The second kappa shape index (κ2) is 10.7. The lowest BCUT2D eigenvalue weighted by Crippen LogP contribution is -2.64. The number of nitrogens with one attached hydrogen (secondary N) is 1. The van der Waals surface area contributed by atoms with Crippen LogP contribution in [0.4, 0.5) is 36.8 Å². The molecule has 1 aliphatic heterocycles. The number of hydrogen-bond donors (Lipinski definition) is 2. The molecule has 1 unspecified atom stereocenters. The van der Waals surface area contributed by atoms with Crippen LogP contribution in [-0.2, 0) is 36.3 Å². The van der Waals surface area contributed by atoms with E-state index in [4.69, 9.17) is 4.74 Å². The van der Waals surface area contributed by atoms with Crippen molar-refractivity contribution < 1.29 is 54.2 Å². The first-order valence-electron chi connectivity index (χ1n) is 13.2. The summed E-state index contributed by atoms with van der Waals surface area (Å²) in [6.07, 6.45) is -12.0. The monoisotopic (exact) mass is 636 g/mol. The Morgan fingerprint density at radius 2 is 1.53 bits per heavy atom. The largest absolute Gasteiger partial charge is 0.444 e. The average molecular weight is 637 g/mol. The molecule has 1 atom stereocenters. The summed E-state index contributed by atoms with van der Waals surface area (Å²) >= 11 is 0. The van der Waals surface area contributed by atoms with Crippen LogP contribution in [0.2, 0.25) is 0 Å². The molecular weight excluding hydrogens is 606 g/mol. The van der Waals surface area contributed by atoms with Crippen molar-refractivity contribution in [3.05, 3.63) is 65.2 Å². The Bertz CT molecular complexity index is 1480. The fourth-order valence-corrected chi connectivity index (χ4v) is 7.64. The number of carbonyl (C=O) groups is 2. The van der Waals surface area contributed by atoms with Crippen LogP contribution in [0.5, 0.6) is 0 Å². The average Bonchev–Trinajstić information content (AvgIpc) is 3.68. The standard InChI is InChI=1S/C28H30F6N2O6S/c1-24(2,3)42-23(38)36-15-14-18-6-4-5-7-21(18)25(36,43(40,41)16-17-8-9-17)22(37)35-20-12-10-19(11-13-20)26(39,27(29,30)31)28(32,33)34/h4-7,10-13,17,39H,8-9,14-16H2,1-3H3,(H,35,37). The number of hydrogen-bond acceptors (Lipinski definition) is 6. The van der Waals surface area contributed by atoms with Gasteiger partial charge in [0.1, 0.15) is 5.60 Å². The molecular formula is C28H30F6N2O6S. The van der Waals surface area contributed by atoms with Gasteiger partial charge in [-0.1, -0.05) is 36.4 Å². The van der Waals surface area contributed by atoms with Crippen molar-refractivity contribution >= 4 is 27.5 Å². The molecule has 2 aliphatic rings. The maximum absolute atomic E-state index is 14.2. The highest BCUT2D eigenvalue weighted by Crippen LogP contribution is 2.50. The molecule has 8 nitrogen and oxygen atoms in total. The summed E-state index contributed by atoms with van der Waals surface area (Å²) in [5.41, 5.74) is -7.81. The molecule has 2 aromatic rings. The molecule has 2 aromatic carbocycles. The van der Waals surface area contributed by atoms with E-state index in [-0.39, 0.29) is 30.1 Å². The number of rotatable bonds is 6. The summed E-state index contributed by atoms with van der Waals surface area (Å²) in [7, 11) is -4.56. The highest BCUT2D eigenvalue weighted by molar-refractivity contribution is 7.93. The molecule has 1 fully saturated rings. The number of fused-ring (bicyclic) bond motifs is 1. The number of ether oxygens (including phenoxy) is 1. The topological polar surface area (TPSA) is 113 Å². The predicted octanol–water partition coefficient (Wildman–Crippen LogP) is 5.41. The zero-order chi connectivity index (χ0) is 32.2. The minimum absolute atomic E-state index is 0.0228. The predicted molar refractivity (Wildman–Crippen MR) is 142 cm³/mol. The lowest BCUT2D eigenvalue weighted by Gasteiger charge is -2.45. The number of anilines is 1. The number of carbonyl (C=O) groups excluding carboxylic acids is 2. The Labute approximate surface area is 243 Å². The zero-order valence-corrected chi connectivity index (χ0v) is 24.2. The summed E-state index contributed by atoms with van der Waals surface area (Å²) in [5.74, 6) is -2.01. The van der Waals surface area contributed by atoms with E-state index in [0.717, 1.165) is 4.90 Å². The Balaban J connectivity index is 1.84. The van der Waals surface area contributed by atoms with E-state index in [1.807, 2.05) is 0 Å². The van der Waals surface area contributed by atoms with Crippen molar-refractivity contribution in [1.82, 2.24) is 4.90 Å². The molecule has 2 N–H and O–H groups in total. The Hall–Kier alpha value is -3.33. The van der Waals surface area contributed by atoms with E-state index in [1.165, 1.54) is 12.1 Å². The molecule has 0 bridgehead atoms. The van der Waals surface area contributed by atoms with Crippen molar-refractivity contribution in [2.45, 2.75) is 68.5 Å². The SMILES string of the molecule is CC(C)(C)OC(=O)N1CCc2ccccc2C1(C(=O)Nc1ccc(C(O)(C(F)(F)F)C(F)(F)F)cc1)S(=O)(=O)CC1CC1. The molecule has 1 aliphatic carbocycles. The second-order valence-corrected chi connectivity index (χ2v) is 13.8. The first kappa shape index (κ1) is 32.6. The van der Waals surface area contributed by atoms with Gasteiger partial charge in [0.05, 0.1) is 5.75 Å². The van der Waals surface area contributed by atoms with Gasteiger partial charge in [0, 0.05) is 23.4 Å². The summed E-state index contributed by atoms with van der Waals surface area (Å²) in [5, 5.41) is 12.0.